The summed E-state index contributed by atoms with van der Waals surface area (Å²) < 4.78 is 62.6. The van der Waals surface area contributed by atoms with E-state index in [-0.39, 0.29) is 23.7 Å². The lowest BCUT2D eigenvalue weighted by Crippen LogP contribution is -2.68. The van der Waals surface area contributed by atoms with Crippen molar-refractivity contribution in [1.82, 2.24) is 19.9 Å². The number of morpholine rings is 1. The lowest BCUT2D eigenvalue weighted by atomic mass is 9.90. The number of fused-ring (bicyclic) bond motifs is 3. The van der Waals surface area contributed by atoms with Crippen molar-refractivity contribution in [2.75, 3.05) is 56.4 Å². The van der Waals surface area contributed by atoms with Crippen LogP contribution in [0.15, 0.2) is 58.0 Å². The molecule has 264 valence electrons. The summed E-state index contributed by atoms with van der Waals surface area (Å²) in [6.45, 7) is 5.50. The summed E-state index contributed by atoms with van der Waals surface area (Å²) in [4.78, 5) is 39.5. The Morgan fingerprint density at radius 1 is 1.14 bits per heavy atom. The molecule has 0 bridgehead atoms. The predicted molar refractivity (Wildman–Crippen MR) is 178 cm³/mol. The Morgan fingerprint density at radius 3 is 2.56 bits per heavy atom. The third kappa shape index (κ3) is 6.67. The van der Waals surface area contributed by atoms with E-state index < -0.39 is 18.1 Å². The van der Waals surface area contributed by atoms with E-state index in [1.54, 1.807) is 6.07 Å². The van der Waals surface area contributed by atoms with Gasteiger partial charge < -0.3 is 38.5 Å². The van der Waals surface area contributed by atoms with E-state index >= 15 is 0 Å². The molecular formula is C34H35F3N6O7. The Morgan fingerprint density at radius 2 is 1.88 bits per heavy atom. The largest absolute Gasteiger partial charge is 0.483 e. The number of carboxylic acid groups (broad SMARTS) is 1. The van der Waals surface area contributed by atoms with Gasteiger partial charge in [0, 0.05) is 48.4 Å². The summed E-state index contributed by atoms with van der Waals surface area (Å²) in [6, 6.07) is 10.5. The Bertz CT molecular complexity index is 2030. The molecule has 3 aliphatic heterocycles. The van der Waals surface area contributed by atoms with Crippen LogP contribution in [0.1, 0.15) is 32.0 Å². The number of hydrogen-bond donors (Lipinski definition) is 2. The number of alkyl halides is 2. The van der Waals surface area contributed by atoms with Gasteiger partial charge in [-0.15, -0.1) is 0 Å². The maximum Gasteiger partial charge on any atom is 0.297 e. The van der Waals surface area contributed by atoms with E-state index in [4.69, 9.17) is 28.5 Å². The number of nitrogens with one attached hydrogen (secondary N) is 1. The molecule has 3 saturated heterocycles. The summed E-state index contributed by atoms with van der Waals surface area (Å²) in [5, 5.41) is 7.64. The maximum atomic E-state index is 14.3. The van der Waals surface area contributed by atoms with Crippen LogP contribution in [0.25, 0.3) is 33.2 Å². The molecular weight excluding hydrogens is 661 g/mol. The van der Waals surface area contributed by atoms with E-state index in [0.717, 1.165) is 37.5 Å². The van der Waals surface area contributed by atoms with Crippen LogP contribution >= 0.6 is 0 Å². The van der Waals surface area contributed by atoms with Crippen molar-refractivity contribution in [3.05, 3.63) is 70.8 Å². The normalized spacial score (nSPS) is 18.0. The van der Waals surface area contributed by atoms with Crippen molar-refractivity contribution in [1.29, 1.82) is 0 Å². The zero-order valence-corrected chi connectivity index (χ0v) is 27.3. The number of para-hydroxylation sites is 1. The van der Waals surface area contributed by atoms with Crippen molar-refractivity contribution in [3.63, 3.8) is 0 Å². The average molecular weight is 697 g/mol. The number of benzene rings is 1. The number of H-pyrrole nitrogens is 1. The molecule has 3 fully saturated rings. The zero-order chi connectivity index (χ0) is 35.4. The van der Waals surface area contributed by atoms with Gasteiger partial charge >= 0.3 is 0 Å². The van der Waals surface area contributed by atoms with Crippen molar-refractivity contribution in [2.45, 2.75) is 37.8 Å². The first-order valence-corrected chi connectivity index (χ1v) is 15.9. The van der Waals surface area contributed by atoms with Crippen LogP contribution < -0.4 is 20.1 Å². The van der Waals surface area contributed by atoms with Gasteiger partial charge in [-0.3, -0.25) is 9.59 Å². The average Bonchev–Trinajstić information content (AvgIpc) is 3.77. The lowest BCUT2D eigenvalue weighted by Gasteiger charge is -2.53. The topological polar surface area (TPSA) is 156 Å². The monoisotopic (exact) mass is 696 g/mol. The minimum Gasteiger partial charge on any atom is -0.483 e. The van der Waals surface area contributed by atoms with Crippen LogP contribution in [-0.4, -0.2) is 89.7 Å². The molecule has 1 unspecified atom stereocenters. The van der Waals surface area contributed by atoms with Gasteiger partial charge in [0.1, 0.15) is 28.2 Å². The summed E-state index contributed by atoms with van der Waals surface area (Å²) in [7, 11) is 1.47. The summed E-state index contributed by atoms with van der Waals surface area (Å²) in [6.07, 6.45) is 1.99. The van der Waals surface area contributed by atoms with Crippen LogP contribution in [0, 0.1) is 5.82 Å². The molecule has 16 heteroatoms. The van der Waals surface area contributed by atoms with Gasteiger partial charge in [0.2, 0.25) is 5.88 Å². The second-order valence-electron chi connectivity index (χ2n) is 11.9. The van der Waals surface area contributed by atoms with E-state index in [0.29, 0.717) is 71.6 Å². The minimum absolute atomic E-state index is 0.0295. The number of nitrogens with zero attached hydrogens (tertiary/aromatic N) is 5. The number of furan rings is 1. The van der Waals surface area contributed by atoms with Crippen LogP contribution in [0.4, 0.5) is 24.7 Å². The molecule has 3 aliphatic rings. The third-order valence-corrected chi connectivity index (χ3v) is 9.01. The third-order valence-electron chi connectivity index (χ3n) is 9.01. The molecule has 2 N–H and O–H groups in total. The molecule has 50 heavy (non-hydrogen) atoms. The molecule has 0 saturated carbocycles. The molecule has 5 aromatic rings. The highest BCUT2D eigenvalue weighted by atomic mass is 19.3. The molecule has 1 aromatic carbocycles. The van der Waals surface area contributed by atoms with Gasteiger partial charge in [0.15, 0.2) is 17.2 Å². The molecule has 0 radical (unpaired) electrons. The first kappa shape index (κ1) is 34.6. The van der Waals surface area contributed by atoms with Crippen LogP contribution in [0.2, 0.25) is 0 Å². The number of pyridine rings is 2. The van der Waals surface area contributed by atoms with Crippen molar-refractivity contribution in [3.8, 4) is 17.0 Å². The fraction of sp³-hybridized carbons (Fsp3) is 0.382. The Hall–Kier alpha value is -5.22. The summed E-state index contributed by atoms with van der Waals surface area (Å²) in [5.41, 5.74) is 2.37. The van der Waals surface area contributed by atoms with Crippen LogP contribution in [0.3, 0.4) is 0 Å². The molecule has 0 amide bonds. The van der Waals surface area contributed by atoms with Crippen LogP contribution in [-0.2, 0) is 14.3 Å². The standard InChI is InChI=1S/C18H20FN3O4.C15H13F2N3O.CH2O2/c1-11-18(9-25-10-18)26-4-3-22(11)15-5-12(7-21-17(15)23)13-6-16(24-2)20-8-14(13)19;16-13(17)14-18-11-9-5-1-2-6-10(9)21-12(11)15(19-14)20-7-3-4-8-20;2-1-3/h5-8,11H,3-4,9-10H2,1-2H3,(H,21,23);1-2,5-6,13H,3-4,7-8H2;1H,(H,2,3). The minimum atomic E-state index is -2.69. The number of carbonyl (C=O) groups is 1. The highest BCUT2D eigenvalue weighted by molar-refractivity contribution is 6.05. The number of hydrogen-bond acceptors (Lipinski definition) is 11. The van der Waals surface area contributed by atoms with Crippen molar-refractivity contribution >= 4 is 40.0 Å². The molecule has 1 atom stereocenters. The van der Waals surface area contributed by atoms with E-state index in [1.807, 2.05) is 41.0 Å². The van der Waals surface area contributed by atoms with Crippen molar-refractivity contribution in [2.24, 2.45) is 0 Å². The highest BCUT2D eigenvalue weighted by Gasteiger charge is 2.50. The van der Waals surface area contributed by atoms with Gasteiger partial charge in [0.25, 0.3) is 18.5 Å². The Balaban J connectivity index is 0.000000163. The molecule has 7 heterocycles. The first-order chi connectivity index (χ1) is 24.2. The number of aromatic amines is 1. The molecule has 8 rings (SSSR count). The Labute approximate surface area is 283 Å². The molecule has 4 aromatic heterocycles. The van der Waals surface area contributed by atoms with Gasteiger partial charge in [-0.2, -0.15) is 0 Å². The first-order valence-electron chi connectivity index (χ1n) is 15.9. The number of anilines is 2. The number of aromatic nitrogens is 4. The zero-order valence-electron chi connectivity index (χ0n) is 27.3. The van der Waals surface area contributed by atoms with Crippen molar-refractivity contribution < 1.29 is 41.7 Å². The number of ether oxygens (including phenoxy) is 3. The van der Waals surface area contributed by atoms with Gasteiger partial charge in [-0.05, 0) is 38.0 Å². The molecule has 1 spiro atoms. The highest BCUT2D eigenvalue weighted by Crippen LogP contribution is 2.37. The second kappa shape index (κ2) is 14.7. The van der Waals surface area contributed by atoms with Gasteiger partial charge in [0.05, 0.1) is 39.2 Å². The molecule has 0 aliphatic carbocycles. The predicted octanol–water partition coefficient (Wildman–Crippen LogP) is 5.19. The fourth-order valence-electron chi connectivity index (χ4n) is 6.33. The number of methoxy groups -OCH3 is 1. The van der Waals surface area contributed by atoms with E-state index in [2.05, 4.69) is 19.9 Å². The Kier molecular flexibility index (Phi) is 10.2. The quantitative estimate of drug-likeness (QED) is 0.232. The number of halogens is 3. The smallest absolute Gasteiger partial charge is 0.297 e. The molecule has 13 nitrogen and oxygen atoms in total. The maximum absolute atomic E-state index is 14.3. The van der Waals surface area contributed by atoms with E-state index in [1.165, 1.54) is 19.4 Å². The summed E-state index contributed by atoms with van der Waals surface area (Å²) >= 11 is 0. The van der Waals surface area contributed by atoms with Gasteiger partial charge in [-0.1, -0.05) is 12.1 Å². The van der Waals surface area contributed by atoms with Crippen LogP contribution in [0.5, 0.6) is 5.88 Å². The summed E-state index contributed by atoms with van der Waals surface area (Å²) in [5.74, 6) is -0.123. The van der Waals surface area contributed by atoms with Gasteiger partial charge in [-0.25, -0.2) is 28.1 Å². The second-order valence-corrected chi connectivity index (χ2v) is 11.9. The number of rotatable bonds is 5. The van der Waals surface area contributed by atoms with E-state index in [9.17, 15) is 18.0 Å². The SMILES string of the molecule is COc1cc(-c2c[nH]c(=O)c(N3CCOC4(COC4)C3C)c2)c(F)cn1.FC(F)c1nc(N2CCCC2)c2oc3ccccc3c2n1.O=CO. The lowest BCUT2D eigenvalue weighted by molar-refractivity contribution is -0.228. The fourth-order valence-corrected chi connectivity index (χ4v) is 6.33.